The molecule has 5 nitrogen and oxygen atoms in total. The highest BCUT2D eigenvalue weighted by Gasteiger charge is 2.24. The van der Waals surface area contributed by atoms with E-state index in [-0.39, 0.29) is 5.91 Å². The van der Waals surface area contributed by atoms with E-state index in [0.29, 0.717) is 17.9 Å². The molecule has 0 aromatic heterocycles. The highest BCUT2D eigenvalue weighted by atomic mass is 16.5. The molecule has 2 aromatic rings. The van der Waals surface area contributed by atoms with E-state index < -0.39 is 0 Å². The summed E-state index contributed by atoms with van der Waals surface area (Å²) >= 11 is 0. The second kappa shape index (κ2) is 9.68. The van der Waals surface area contributed by atoms with Gasteiger partial charge in [0.2, 0.25) is 5.91 Å². The number of piperazine rings is 1. The summed E-state index contributed by atoms with van der Waals surface area (Å²) in [7, 11) is 3.23. The Morgan fingerprint density at radius 1 is 0.897 bits per heavy atom. The molecule has 1 aliphatic rings. The molecule has 2 aromatic carbocycles. The summed E-state index contributed by atoms with van der Waals surface area (Å²) in [6.07, 6.45) is 2.44. The van der Waals surface area contributed by atoms with E-state index in [1.807, 2.05) is 23.1 Å². The van der Waals surface area contributed by atoms with Crippen LogP contribution in [0, 0.1) is 0 Å². The number of amides is 1. The first kappa shape index (κ1) is 21.0. The fourth-order valence-corrected chi connectivity index (χ4v) is 4.08. The molecule has 1 fully saturated rings. The standard InChI is InChI=1S/C24H32N2O3/c1-5-19-8-7-9-20(6-2)24(19)26-14-12-25(13-15-26)23(27)17-18-10-11-21(28-3)22(16-18)29-4/h7-11,16H,5-6,12-15,17H2,1-4H3. The number of methoxy groups -OCH3 is 2. The molecule has 3 rings (SSSR count). The minimum atomic E-state index is 0.163. The Kier molecular flexibility index (Phi) is 7.02. The van der Waals surface area contributed by atoms with Gasteiger partial charge >= 0.3 is 0 Å². The number of rotatable bonds is 7. The average Bonchev–Trinajstić information content (AvgIpc) is 2.78. The summed E-state index contributed by atoms with van der Waals surface area (Å²) in [5.41, 5.74) is 5.12. The largest absolute Gasteiger partial charge is 0.493 e. The van der Waals surface area contributed by atoms with Crippen molar-refractivity contribution in [2.75, 3.05) is 45.3 Å². The fraction of sp³-hybridized carbons (Fsp3) is 0.458. The number of carbonyl (C=O) groups is 1. The Hall–Kier alpha value is -2.69. The highest BCUT2D eigenvalue weighted by Crippen LogP contribution is 2.29. The van der Waals surface area contributed by atoms with Gasteiger partial charge in [0, 0.05) is 31.9 Å². The summed E-state index contributed by atoms with van der Waals surface area (Å²) in [4.78, 5) is 17.3. The van der Waals surface area contributed by atoms with Crippen LogP contribution in [0.2, 0.25) is 0 Å². The number of aryl methyl sites for hydroxylation is 2. The van der Waals surface area contributed by atoms with E-state index in [1.165, 1.54) is 16.8 Å². The third kappa shape index (κ3) is 4.66. The van der Waals surface area contributed by atoms with Crippen LogP contribution in [-0.4, -0.2) is 51.2 Å². The molecular weight excluding hydrogens is 364 g/mol. The third-order valence-electron chi connectivity index (χ3n) is 5.72. The van der Waals surface area contributed by atoms with Gasteiger partial charge in [0.15, 0.2) is 11.5 Å². The van der Waals surface area contributed by atoms with Crippen molar-refractivity contribution in [3.63, 3.8) is 0 Å². The van der Waals surface area contributed by atoms with E-state index in [0.717, 1.165) is 44.6 Å². The van der Waals surface area contributed by atoms with Crippen LogP contribution in [0.3, 0.4) is 0 Å². The van der Waals surface area contributed by atoms with Crippen LogP contribution in [0.15, 0.2) is 36.4 Å². The molecule has 0 aliphatic carbocycles. The molecule has 1 aliphatic heterocycles. The van der Waals surface area contributed by atoms with Crippen molar-refractivity contribution in [2.45, 2.75) is 33.1 Å². The second-order valence-electron chi connectivity index (χ2n) is 7.37. The normalized spacial score (nSPS) is 14.1. The fourth-order valence-electron chi connectivity index (χ4n) is 4.08. The molecule has 0 bridgehead atoms. The maximum Gasteiger partial charge on any atom is 0.227 e. The number of hydrogen-bond donors (Lipinski definition) is 0. The Bertz CT molecular complexity index is 820. The van der Waals surface area contributed by atoms with Crippen molar-refractivity contribution in [1.82, 2.24) is 4.90 Å². The first-order valence-corrected chi connectivity index (χ1v) is 10.5. The van der Waals surface area contributed by atoms with Crippen LogP contribution < -0.4 is 14.4 Å². The summed E-state index contributed by atoms with van der Waals surface area (Å²) < 4.78 is 10.6. The number of carbonyl (C=O) groups excluding carboxylic acids is 1. The van der Waals surface area contributed by atoms with Crippen LogP contribution in [0.25, 0.3) is 0 Å². The van der Waals surface area contributed by atoms with Crippen LogP contribution >= 0.6 is 0 Å². The third-order valence-corrected chi connectivity index (χ3v) is 5.72. The SMILES string of the molecule is CCc1cccc(CC)c1N1CCN(C(=O)Cc2ccc(OC)c(OC)c2)CC1. The molecule has 0 unspecified atom stereocenters. The average molecular weight is 397 g/mol. The van der Waals surface area contributed by atoms with Gasteiger partial charge in [-0.2, -0.15) is 0 Å². The van der Waals surface area contributed by atoms with Crippen molar-refractivity contribution < 1.29 is 14.3 Å². The summed E-state index contributed by atoms with van der Waals surface area (Å²) in [5.74, 6) is 1.50. The first-order chi connectivity index (χ1) is 14.1. The molecule has 0 spiro atoms. The van der Waals surface area contributed by atoms with Gasteiger partial charge in [-0.1, -0.05) is 38.1 Å². The molecule has 156 valence electrons. The quantitative estimate of drug-likeness (QED) is 0.715. The van der Waals surface area contributed by atoms with Crippen LogP contribution in [0.1, 0.15) is 30.5 Å². The van der Waals surface area contributed by atoms with Gasteiger partial charge < -0.3 is 19.3 Å². The Morgan fingerprint density at radius 2 is 1.52 bits per heavy atom. The van der Waals surface area contributed by atoms with Crippen molar-refractivity contribution in [3.05, 3.63) is 53.1 Å². The molecule has 0 saturated carbocycles. The van der Waals surface area contributed by atoms with Crippen molar-refractivity contribution in [1.29, 1.82) is 0 Å². The van der Waals surface area contributed by atoms with E-state index in [1.54, 1.807) is 14.2 Å². The van der Waals surface area contributed by atoms with Gasteiger partial charge in [0.1, 0.15) is 0 Å². The van der Waals surface area contributed by atoms with Crippen molar-refractivity contribution in [3.8, 4) is 11.5 Å². The lowest BCUT2D eigenvalue weighted by Gasteiger charge is -2.38. The predicted molar refractivity (Wildman–Crippen MR) is 117 cm³/mol. The first-order valence-electron chi connectivity index (χ1n) is 10.5. The zero-order valence-corrected chi connectivity index (χ0v) is 18.0. The monoisotopic (exact) mass is 396 g/mol. The molecular formula is C24H32N2O3. The molecule has 5 heteroatoms. The van der Waals surface area contributed by atoms with Crippen LogP contribution in [0.4, 0.5) is 5.69 Å². The maximum absolute atomic E-state index is 12.8. The topological polar surface area (TPSA) is 42.0 Å². The minimum Gasteiger partial charge on any atom is -0.493 e. The van der Waals surface area contributed by atoms with E-state index in [4.69, 9.17) is 9.47 Å². The van der Waals surface area contributed by atoms with Crippen molar-refractivity contribution in [2.24, 2.45) is 0 Å². The lowest BCUT2D eigenvalue weighted by atomic mass is 10.0. The summed E-state index contributed by atoms with van der Waals surface area (Å²) in [6, 6.07) is 12.3. The Labute approximate surface area is 174 Å². The van der Waals surface area contributed by atoms with Gasteiger partial charge in [0.05, 0.1) is 20.6 Å². The molecule has 0 atom stereocenters. The molecule has 1 heterocycles. The molecule has 29 heavy (non-hydrogen) atoms. The van der Waals surface area contributed by atoms with Gasteiger partial charge in [-0.3, -0.25) is 4.79 Å². The van der Waals surface area contributed by atoms with Crippen LogP contribution in [0.5, 0.6) is 11.5 Å². The summed E-state index contributed by atoms with van der Waals surface area (Å²) in [6.45, 7) is 7.69. The Morgan fingerprint density at radius 3 is 2.07 bits per heavy atom. The van der Waals surface area contributed by atoms with Gasteiger partial charge in [0.25, 0.3) is 0 Å². The lowest BCUT2D eigenvalue weighted by Crippen LogP contribution is -2.49. The van der Waals surface area contributed by atoms with Gasteiger partial charge in [-0.15, -0.1) is 0 Å². The smallest absolute Gasteiger partial charge is 0.227 e. The van der Waals surface area contributed by atoms with E-state index in [2.05, 4.69) is 36.9 Å². The number of para-hydroxylation sites is 1. The van der Waals surface area contributed by atoms with E-state index >= 15 is 0 Å². The predicted octanol–water partition coefficient (Wildman–Crippen LogP) is 3.72. The zero-order chi connectivity index (χ0) is 20.8. The minimum absolute atomic E-state index is 0.163. The van der Waals surface area contributed by atoms with E-state index in [9.17, 15) is 4.79 Å². The molecule has 1 saturated heterocycles. The molecule has 1 amide bonds. The second-order valence-corrected chi connectivity index (χ2v) is 7.37. The van der Waals surface area contributed by atoms with Gasteiger partial charge in [-0.05, 0) is 41.7 Å². The van der Waals surface area contributed by atoms with Crippen LogP contribution in [-0.2, 0) is 24.1 Å². The number of ether oxygens (including phenoxy) is 2. The highest BCUT2D eigenvalue weighted by molar-refractivity contribution is 5.79. The number of hydrogen-bond acceptors (Lipinski definition) is 4. The maximum atomic E-state index is 12.8. The molecule has 0 radical (unpaired) electrons. The Balaban J connectivity index is 1.65. The number of nitrogens with zero attached hydrogens (tertiary/aromatic N) is 2. The zero-order valence-electron chi connectivity index (χ0n) is 18.0. The number of anilines is 1. The lowest BCUT2D eigenvalue weighted by molar-refractivity contribution is -0.130. The van der Waals surface area contributed by atoms with Crippen molar-refractivity contribution >= 4 is 11.6 Å². The summed E-state index contributed by atoms with van der Waals surface area (Å²) in [5, 5.41) is 0. The van der Waals surface area contributed by atoms with Gasteiger partial charge in [-0.25, -0.2) is 0 Å². The molecule has 0 N–H and O–H groups in total. The number of benzene rings is 2.